The quantitative estimate of drug-likeness (QED) is 0.831. The van der Waals surface area contributed by atoms with Gasteiger partial charge in [-0.15, -0.1) is 0 Å². The van der Waals surface area contributed by atoms with E-state index in [4.69, 9.17) is 27.9 Å². The van der Waals surface area contributed by atoms with Gasteiger partial charge >= 0.3 is 0 Å². The van der Waals surface area contributed by atoms with Crippen LogP contribution in [0.15, 0.2) is 36.5 Å². The fourth-order valence-electron chi connectivity index (χ4n) is 2.46. The van der Waals surface area contributed by atoms with E-state index in [1.165, 1.54) is 12.3 Å². The number of halogens is 2. The molecule has 0 aliphatic carbocycles. The zero-order chi connectivity index (χ0) is 17.8. The average Bonchev–Trinajstić information content (AvgIpc) is 2.64. The van der Waals surface area contributed by atoms with Crippen LogP contribution in [-0.2, 0) is 4.74 Å². The van der Waals surface area contributed by atoms with Crippen molar-refractivity contribution in [3.63, 3.8) is 0 Å². The third-order valence-electron chi connectivity index (χ3n) is 3.76. The summed E-state index contributed by atoms with van der Waals surface area (Å²) in [6.07, 6.45) is 1.33. The number of pyridine rings is 1. The Labute approximate surface area is 154 Å². The van der Waals surface area contributed by atoms with Crippen molar-refractivity contribution in [3.05, 3.63) is 57.8 Å². The maximum Gasteiger partial charge on any atom is 0.257 e. The third-order valence-corrected chi connectivity index (χ3v) is 4.45. The maximum absolute atomic E-state index is 12.7. The molecule has 0 radical (unpaired) electrons. The standard InChI is InChI=1S/C17H15Cl2N3O3/c18-13-9-11(10-20-15(13)19)16(23)21-14-4-2-1-3-12(14)17(24)22-5-7-25-8-6-22/h1-4,9-10H,5-8H2,(H,21,23). The summed E-state index contributed by atoms with van der Waals surface area (Å²) in [5.41, 5.74) is 1.10. The molecule has 0 atom stereocenters. The van der Waals surface area contributed by atoms with Gasteiger partial charge in [-0.2, -0.15) is 0 Å². The van der Waals surface area contributed by atoms with Crippen molar-refractivity contribution < 1.29 is 14.3 Å². The van der Waals surface area contributed by atoms with Crippen LogP contribution in [0.25, 0.3) is 0 Å². The monoisotopic (exact) mass is 379 g/mol. The largest absolute Gasteiger partial charge is 0.378 e. The Kier molecular flexibility index (Phi) is 5.53. The highest BCUT2D eigenvalue weighted by Gasteiger charge is 2.22. The molecule has 2 heterocycles. The molecule has 0 unspecified atom stereocenters. The first-order valence-electron chi connectivity index (χ1n) is 7.64. The number of aromatic nitrogens is 1. The van der Waals surface area contributed by atoms with Gasteiger partial charge in [-0.3, -0.25) is 9.59 Å². The number of rotatable bonds is 3. The van der Waals surface area contributed by atoms with Gasteiger partial charge in [-0.25, -0.2) is 4.98 Å². The van der Waals surface area contributed by atoms with Gasteiger partial charge in [0.1, 0.15) is 5.15 Å². The Balaban J connectivity index is 1.81. The predicted octanol–water partition coefficient (Wildman–Crippen LogP) is 3.11. The lowest BCUT2D eigenvalue weighted by Crippen LogP contribution is -2.41. The number of carbonyl (C=O) groups excluding carboxylic acids is 2. The molecule has 8 heteroatoms. The number of carbonyl (C=O) groups is 2. The molecule has 130 valence electrons. The zero-order valence-corrected chi connectivity index (χ0v) is 14.7. The van der Waals surface area contributed by atoms with Gasteiger partial charge in [0.25, 0.3) is 11.8 Å². The Morgan fingerprint density at radius 2 is 1.88 bits per heavy atom. The fourth-order valence-corrected chi connectivity index (χ4v) is 2.72. The van der Waals surface area contributed by atoms with Crippen LogP contribution >= 0.6 is 23.2 Å². The topological polar surface area (TPSA) is 71.5 Å². The number of hydrogen-bond acceptors (Lipinski definition) is 4. The lowest BCUT2D eigenvalue weighted by molar-refractivity contribution is 0.0303. The Bertz CT molecular complexity index is 807. The Morgan fingerprint density at radius 3 is 2.60 bits per heavy atom. The number of nitrogens with one attached hydrogen (secondary N) is 1. The lowest BCUT2D eigenvalue weighted by atomic mass is 10.1. The molecule has 1 aromatic carbocycles. The first-order valence-corrected chi connectivity index (χ1v) is 8.40. The number of nitrogens with zero attached hydrogens (tertiary/aromatic N) is 2. The van der Waals surface area contributed by atoms with Crippen LogP contribution in [0.2, 0.25) is 10.2 Å². The molecular weight excluding hydrogens is 365 g/mol. The maximum atomic E-state index is 12.7. The van der Waals surface area contributed by atoms with Crippen molar-refractivity contribution in [3.8, 4) is 0 Å². The Hall–Kier alpha value is -2.15. The van der Waals surface area contributed by atoms with E-state index in [9.17, 15) is 9.59 Å². The summed E-state index contributed by atoms with van der Waals surface area (Å²) >= 11 is 11.7. The molecule has 1 N–H and O–H groups in total. The van der Waals surface area contributed by atoms with E-state index in [2.05, 4.69) is 10.3 Å². The van der Waals surface area contributed by atoms with Crippen molar-refractivity contribution in [1.29, 1.82) is 0 Å². The van der Waals surface area contributed by atoms with E-state index < -0.39 is 5.91 Å². The first-order chi connectivity index (χ1) is 12.1. The van der Waals surface area contributed by atoms with Gasteiger partial charge in [0, 0.05) is 19.3 Å². The molecule has 1 aliphatic heterocycles. The summed E-state index contributed by atoms with van der Waals surface area (Å²) in [6.45, 7) is 2.07. The van der Waals surface area contributed by atoms with Crippen LogP contribution in [0, 0.1) is 0 Å². The third kappa shape index (κ3) is 4.10. The molecule has 3 rings (SSSR count). The minimum absolute atomic E-state index is 0.126. The molecule has 1 fully saturated rings. The summed E-state index contributed by atoms with van der Waals surface area (Å²) in [6, 6.07) is 8.29. The second-order valence-electron chi connectivity index (χ2n) is 5.40. The summed E-state index contributed by atoms with van der Waals surface area (Å²) in [4.78, 5) is 30.7. The van der Waals surface area contributed by atoms with Crippen molar-refractivity contribution in [2.24, 2.45) is 0 Å². The SMILES string of the molecule is O=C(Nc1ccccc1C(=O)N1CCOCC1)c1cnc(Cl)c(Cl)c1. The highest BCUT2D eigenvalue weighted by molar-refractivity contribution is 6.41. The molecule has 1 aliphatic rings. The van der Waals surface area contributed by atoms with E-state index >= 15 is 0 Å². The molecule has 25 heavy (non-hydrogen) atoms. The number of morpholine rings is 1. The van der Waals surface area contributed by atoms with Crippen LogP contribution in [0.5, 0.6) is 0 Å². The van der Waals surface area contributed by atoms with Crippen LogP contribution in [0.4, 0.5) is 5.69 Å². The van der Waals surface area contributed by atoms with Crippen LogP contribution in [0.1, 0.15) is 20.7 Å². The normalized spacial score (nSPS) is 14.2. The van der Waals surface area contributed by atoms with Gasteiger partial charge in [-0.05, 0) is 18.2 Å². The molecule has 6 nitrogen and oxygen atoms in total. The molecule has 0 spiro atoms. The van der Waals surface area contributed by atoms with E-state index in [-0.39, 0.29) is 21.6 Å². The molecule has 0 saturated carbocycles. The van der Waals surface area contributed by atoms with Gasteiger partial charge in [0.05, 0.1) is 35.1 Å². The number of para-hydroxylation sites is 1. The van der Waals surface area contributed by atoms with Crippen molar-refractivity contribution >= 4 is 40.7 Å². The number of benzene rings is 1. The molecule has 2 aromatic rings. The minimum atomic E-state index is -0.423. The number of anilines is 1. The average molecular weight is 380 g/mol. The summed E-state index contributed by atoms with van der Waals surface area (Å²) in [5, 5.41) is 3.05. The van der Waals surface area contributed by atoms with E-state index in [0.717, 1.165) is 0 Å². The van der Waals surface area contributed by atoms with Crippen LogP contribution in [-0.4, -0.2) is 48.0 Å². The molecule has 1 aromatic heterocycles. The van der Waals surface area contributed by atoms with Gasteiger partial charge in [0.2, 0.25) is 0 Å². The molecule has 2 amide bonds. The van der Waals surface area contributed by atoms with E-state index in [1.54, 1.807) is 29.2 Å². The highest BCUT2D eigenvalue weighted by atomic mass is 35.5. The van der Waals surface area contributed by atoms with Gasteiger partial charge in [0.15, 0.2) is 0 Å². The van der Waals surface area contributed by atoms with Crippen LogP contribution < -0.4 is 5.32 Å². The molecule has 1 saturated heterocycles. The summed E-state index contributed by atoms with van der Waals surface area (Å²) in [7, 11) is 0. The Morgan fingerprint density at radius 1 is 1.16 bits per heavy atom. The van der Waals surface area contributed by atoms with Crippen molar-refractivity contribution in [2.45, 2.75) is 0 Å². The number of ether oxygens (including phenoxy) is 1. The smallest absolute Gasteiger partial charge is 0.257 e. The molecule has 0 bridgehead atoms. The second kappa shape index (κ2) is 7.82. The van der Waals surface area contributed by atoms with Gasteiger partial charge in [-0.1, -0.05) is 35.3 Å². The molecular formula is C17H15Cl2N3O3. The summed E-state index contributed by atoms with van der Waals surface area (Å²) < 4.78 is 5.27. The number of amides is 2. The van der Waals surface area contributed by atoms with E-state index in [1.807, 2.05) is 0 Å². The first kappa shape index (κ1) is 17.7. The van der Waals surface area contributed by atoms with Crippen LogP contribution in [0.3, 0.4) is 0 Å². The van der Waals surface area contributed by atoms with E-state index in [0.29, 0.717) is 37.6 Å². The zero-order valence-electron chi connectivity index (χ0n) is 13.2. The number of hydrogen-bond donors (Lipinski definition) is 1. The minimum Gasteiger partial charge on any atom is -0.378 e. The fraction of sp³-hybridized carbons (Fsp3) is 0.235. The predicted molar refractivity (Wildman–Crippen MR) is 95.4 cm³/mol. The van der Waals surface area contributed by atoms with Gasteiger partial charge < -0.3 is 15.0 Å². The van der Waals surface area contributed by atoms with Crippen molar-refractivity contribution in [1.82, 2.24) is 9.88 Å². The van der Waals surface area contributed by atoms with Crippen molar-refractivity contribution in [2.75, 3.05) is 31.6 Å². The highest BCUT2D eigenvalue weighted by Crippen LogP contribution is 2.22. The second-order valence-corrected chi connectivity index (χ2v) is 6.17. The lowest BCUT2D eigenvalue weighted by Gasteiger charge is -2.27. The summed E-state index contributed by atoms with van der Waals surface area (Å²) in [5.74, 6) is -0.570.